The highest BCUT2D eigenvalue weighted by Gasteiger charge is 2.30. The Morgan fingerprint density at radius 2 is 1.58 bits per heavy atom. The molecule has 2 atom stereocenters. The van der Waals surface area contributed by atoms with Crippen molar-refractivity contribution in [3.8, 4) is 5.75 Å². The molecule has 2 aromatic rings. The van der Waals surface area contributed by atoms with Crippen molar-refractivity contribution >= 4 is 35.0 Å². The number of amides is 2. The van der Waals surface area contributed by atoms with Crippen molar-refractivity contribution in [2.45, 2.75) is 72.0 Å². The Hall–Kier alpha value is -2.24. The fourth-order valence-corrected chi connectivity index (χ4v) is 3.91. The summed E-state index contributed by atoms with van der Waals surface area (Å²) in [6.07, 6.45) is 1.24. The van der Waals surface area contributed by atoms with Gasteiger partial charge in [-0.1, -0.05) is 69.1 Å². The first-order chi connectivity index (χ1) is 15.7. The molecule has 0 heterocycles. The summed E-state index contributed by atoms with van der Waals surface area (Å²) in [5.74, 6) is 0.487. The first-order valence-corrected chi connectivity index (χ1v) is 12.2. The van der Waals surface area contributed by atoms with E-state index in [9.17, 15) is 9.59 Å². The Balaban J connectivity index is 2.26. The smallest absolute Gasteiger partial charge is 0.261 e. The number of nitrogens with one attached hydrogen (secondary N) is 1. The molecule has 33 heavy (non-hydrogen) atoms. The van der Waals surface area contributed by atoms with Crippen LogP contribution in [0.15, 0.2) is 42.5 Å². The van der Waals surface area contributed by atoms with Gasteiger partial charge >= 0.3 is 0 Å². The molecule has 0 aliphatic heterocycles. The highest BCUT2D eigenvalue weighted by atomic mass is 35.5. The molecule has 0 aliphatic rings. The van der Waals surface area contributed by atoms with Gasteiger partial charge < -0.3 is 15.0 Å². The number of hydrogen-bond acceptors (Lipinski definition) is 3. The highest BCUT2D eigenvalue weighted by Crippen LogP contribution is 2.27. The monoisotopic (exact) mass is 492 g/mol. The van der Waals surface area contributed by atoms with E-state index in [0.29, 0.717) is 33.7 Å². The first-order valence-electron chi connectivity index (χ1n) is 11.4. The molecule has 0 radical (unpaired) electrons. The molecule has 1 N–H and O–H groups in total. The number of carbonyl (C=O) groups excluding carboxylic acids is 2. The van der Waals surface area contributed by atoms with Crippen molar-refractivity contribution in [2.24, 2.45) is 0 Å². The predicted molar refractivity (Wildman–Crippen MR) is 135 cm³/mol. The third-order valence-electron chi connectivity index (χ3n) is 5.69. The lowest BCUT2D eigenvalue weighted by Crippen LogP contribution is -2.51. The van der Waals surface area contributed by atoms with Crippen LogP contribution in [-0.2, 0) is 16.1 Å². The van der Waals surface area contributed by atoms with E-state index in [2.05, 4.69) is 19.2 Å². The number of nitrogens with zero attached hydrogens (tertiary/aromatic N) is 1. The first kappa shape index (κ1) is 27.0. The van der Waals surface area contributed by atoms with E-state index in [1.165, 1.54) is 10.5 Å². The Labute approximate surface area is 207 Å². The molecule has 0 bridgehead atoms. The maximum Gasteiger partial charge on any atom is 0.261 e. The largest absolute Gasteiger partial charge is 0.484 e. The van der Waals surface area contributed by atoms with Gasteiger partial charge in [0.1, 0.15) is 11.8 Å². The molecule has 0 saturated carbocycles. The Kier molecular flexibility index (Phi) is 10.5. The minimum atomic E-state index is -0.675. The van der Waals surface area contributed by atoms with Gasteiger partial charge in [0.2, 0.25) is 5.91 Å². The fraction of sp³-hybridized carbons (Fsp3) is 0.462. The van der Waals surface area contributed by atoms with Crippen molar-refractivity contribution < 1.29 is 14.3 Å². The van der Waals surface area contributed by atoms with E-state index in [1.54, 1.807) is 18.2 Å². The van der Waals surface area contributed by atoms with Gasteiger partial charge in [0, 0.05) is 28.2 Å². The number of carbonyl (C=O) groups is 2. The van der Waals surface area contributed by atoms with Crippen LogP contribution < -0.4 is 10.1 Å². The molecular weight excluding hydrogens is 459 g/mol. The molecule has 0 fully saturated rings. The minimum Gasteiger partial charge on any atom is -0.484 e. The van der Waals surface area contributed by atoms with Crippen LogP contribution in [0.1, 0.15) is 64.5 Å². The lowest BCUT2D eigenvalue weighted by molar-refractivity contribution is -0.143. The number of benzene rings is 2. The third-order valence-corrected chi connectivity index (χ3v) is 6.39. The maximum absolute atomic E-state index is 13.3. The molecule has 0 saturated heterocycles. The summed E-state index contributed by atoms with van der Waals surface area (Å²) in [5.41, 5.74) is 1.79. The SMILES string of the molecule is CC[C@H](C(=O)N[C@@H](C)CC)N(Cc1c(Cl)cccc1Cl)C(=O)COc1ccc(C(C)C)cc1. The second kappa shape index (κ2) is 12.9. The van der Waals surface area contributed by atoms with Crippen molar-refractivity contribution in [2.75, 3.05) is 6.61 Å². The Morgan fingerprint density at radius 1 is 0.970 bits per heavy atom. The minimum absolute atomic E-state index is 0.00289. The average Bonchev–Trinajstić information content (AvgIpc) is 2.79. The van der Waals surface area contributed by atoms with Crippen LogP contribution in [-0.4, -0.2) is 35.4 Å². The highest BCUT2D eigenvalue weighted by molar-refractivity contribution is 6.36. The second-order valence-electron chi connectivity index (χ2n) is 8.48. The van der Waals surface area contributed by atoms with Gasteiger partial charge in [-0.25, -0.2) is 0 Å². The van der Waals surface area contributed by atoms with Crippen molar-refractivity contribution in [3.05, 3.63) is 63.6 Å². The number of rotatable bonds is 11. The maximum atomic E-state index is 13.3. The van der Waals surface area contributed by atoms with Crippen LogP contribution in [0.4, 0.5) is 0 Å². The molecule has 0 aliphatic carbocycles. The molecule has 180 valence electrons. The van der Waals surface area contributed by atoms with Crippen LogP contribution in [0.3, 0.4) is 0 Å². The summed E-state index contributed by atoms with van der Waals surface area (Å²) in [6.45, 7) is 9.96. The van der Waals surface area contributed by atoms with Gasteiger partial charge in [0.25, 0.3) is 5.91 Å². The normalized spacial score (nSPS) is 12.8. The number of hydrogen-bond donors (Lipinski definition) is 1. The van der Waals surface area contributed by atoms with E-state index in [0.717, 1.165) is 6.42 Å². The van der Waals surface area contributed by atoms with Crippen LogP contribution in [0.5, 0.6) is 5.75 Å². The Morgan fingerprint density at radius 3 is 2.09 bits per heavy atom. The van der Waals surface area contributed by atoms with Crippen molar-refractivity contribution in [1.82, 2.24) is 10.2 Å². The van der Waals surface area contributed by atoms with E-state index in [-0.39, 0.29) is 31.0 Å². The van der Waals surface area contributed by atoms with E-state index < -0.39 is 6.04 Å². The summed E-state index contributed by atoms with van der Waals surface area (Å²) < 4.78 is 5.77. The zero-order valence-corrected chi connectivity index (χ0v) is 21.5. The third kappa shape index (κ3) is 7.65. The molecule has 2 rings (SSSR count). The van der Waals surface area contributed by atoms with Gasteiger partial charge in [0.15, 0.2) is 6.61 Å². The average molecular weight is 493 g/mol. The van der Waals surface area contributed by atoms with Gasteiger partial charge in [-0.15, -0.1) is 0 Å². The fourth-order valence-electron chi connectivity index (χ4n) is 3.39. The van der Waals surface area contributed by atoms with Gasteiger partial charge in [-0.2, -0.15) is 0 Å². The summed E-state index contributed by atoms with van der Waals surface area (Å²) in [4.78, 5) is 27.8. The molecule has 7 heteroatoms. The molecule has 2 amide bonds. The zero-order valence-electron chi connectivity index (χ0n) is 20.0. The van der Waals surface area contributed by atoms with Crippen LogP contribution in [0.25, 0.3) is 0 Å². The van der Waals surface area contributed by atoms with Gasteiger partial charge in [-0.3, -0.25) is 9.59 Å². The molecule has 0 aromatic heterocycles. The van der Waals surface area contributed by atoms with E-state index >= 15 is 0 Å². The van der Waals surface area contributed by atoms with Crippen LogP contribution in [0, 0.1) is 0 Å². The lowest BCUT2D eigenvalue weighted by Gasteiger charge is -2.32. The summed E-state index contributed by atoms with van der Waals surface area (Å²) >= 11 is 12.7. The van der Waals surface area contributed by atoms with E-state index in [4.69, 9.17) is 27.9 Å². The molecule has 2 aromatic carbocycles. The van der Waals surface area contributed by atoms with E-state index in [1.807, 2.05) is 45.0 Å². The molecule has 0 spiro atoms. The quantitative estimate of drug-likeness (QED) is 0.405. The number of ether oxygens (including phenoxy) is 1. The second-order valence-corrected chi connectivity index (χ2v) is 9.29. The number of halogens is 2. The zero-order chi connectivity index (χ0) is 24.5. The summed E-state index contributed by atoms with van der Waals surface area (Å²) in [6, 6.07) is 12.2. The lowest BCUT2D eigenvalue weighted by atomic mass is 10.0. The molecule has 5 nitrogen and oxygen atoms in total. The van der Waals surface area contributed by atoms with Crippen molar-refractivity contribution in [3.63, 3.8) is 0 Å². The molecular formula is C26H34Cl2N2O3. The van der Waals surface area contributed by atoms with Gasteiger partial charge in [0.05, 0.1) is 0 Å². The Bertz CT molecular complexity index is 911. The van der Waals surface area contributed by atoms with Gasteiger partial charge in [-0.05, 0) is 55.5 Å². The van der Waals surface area contributed by atoms with Crippen molar-refractivity contribution in [1.29, 1.82) is 0 Å². The van der Waals surface area contributed by atoms with Crippen LogP contribution >= 0.6 is 23.2 Å². The summed E-state index contributed by atoms with van der Waals surface area (Å²) in [7, 11) is 0. The topological polar surface area (TPSA) is 58.6 Å². The molecule has 0 unspecified atom stereocenters. The predicted octanol–water partition coefficient (Wildman–Crippen LogP) is 6.22. The summed E-state index contributed by atoms with van der Waals surface area (Å²) in [5, 5.41) is 3.88. The van der Waals surface area contributed by atoms with Crippen LogP contribution in [0.2, 0.25) is 10.0 Å². The standard InChI is InChI=1S/C26H34Cl2N2O3/c1-6-18(5)29-26(32)24(7-2)30(15-21-22(27)9-8-10-23(21)28)25(31)16-33-20-13-11-19(12-14-20)17(3)4/h8-14,17-18,24H,6-7,15-16H2,1-5H3,(H,29,32)/t18-,24+/m0/s1.